The van der Waals surface area contributed by atoms with Gasteiger partial charge >= 0.3 is 0 Å². The lowest BCUT2D eigenvalue weighted by Crippen LogP contribution is -2.08. The molecule has 10 heavy (non-hydrogen) atoms. The SMILES string of the molecule is Cc1cc2c([nH]1)C=CNC2. The van der Waals surface area contributed by atoms with Crippen LogP contribution in [0.5, 0.6) is 0 Å². The van der Waals surface area contributed by atoms with Crippen molar-refractivity contribution in [2.75, 3.05) is 0 Å². The molecule has 0 bridgehead atoms. The molecule has 2 rings (SSSR count). The van der Waals surface area contributed by atoms with Crippen LogP contribution < -0.4 is 5.32 Å². The standard InChI is InChI=1S/C8H10N2/c1-6-4-7-5-9-3-2-8(7)10-6/h2-4,9-10H,5H2,1H3. The Bertz CT molecular complexity index is 271. The monoisotopic (exact) mass is 134 g/mol. The van der Waals surface area contributed by atoms with E-state index in [0.717, 1.165) is 6.54 Å². The van der Waals surface area contributed by atoms with Gasteiger partial charge in [0.2, 0.25) is 0 Å². The molecule has 2 heteroatoms. The van der Waals surface area contributed by atoms with Gasteiger partial charge in [0.05, 0.1) is 0 Å². The van der Waals surface area contributed by atoms with E-state index in [1.807, 2.05) is 6.20 Å². The third-order valence-corrected chi connectivity index (χ3v) is 1.73. The van der Waals surface area contributed by atoms with Gasteiger partial charge in [-0.05, 0) is 30.8 Å². The normalized spacial score (nSPS) is 14.5. The van der Waals surface area contributed by atoms with E-state index >= 15 is 0 Å². The zero-order valence-corrected chi connectivity index (χ0v) is 5.94. The Balaban J connectivity index is 2.53. The maximum atomic E-state index is 3.27. The summed E-state index contributed by atoms with van der Waals surface area (Å²) in [6.07, 6.45) is 4.03. The molecule has 1 aromatic heterocycles. The molecule has 2 N–H and O–H groups in total. The fourth-order valence-corrected chi connectivity index (χ4v) is 1.27. The van der Waals surface area contributed by atoms with E-state index in [-0.39, 0.29) is 0 Å². The molecule has 0 spiro atoms. The Morgan fingerprint density at radius 3 is 3.20 bits per heavy atom. The Labute approximate surface area is 60.0 Å². The van der Waals surface area contributed by atoms with Gasteiger partial charge in [-0.2, -0.15) is 0 Å². The van der Waals surface area contributed by atoms with E-state index in [2.05, 4.69) is 29.4 Å². The molecule has 2 nitrogen and oxygen atoms in total. The Morgan fingerprint density at radius 2 is 2.40 bits per heavy atom. The second kappa shape index (κ2) is 1.90. The van der Waals surface area contributed by atoms with Crippen molar-refractivity contribution in [3.05, 3.63) is 29.2 Å². The summed E-state index contributed by atoms with van der Waals surface area (Å²) in [5, 5.41) is 3.15. The van der Waals surface area contributed by atoms with Crippen molar-refractivity contribution < 1.29 is 0 Å². The predicted octanol–water partition coefficient (Wildman–Crippen LogP) is 1.40. The van der Waals surface area contributed by atoms with Crippen LogP contribution in [0.15, 0.2) is 12.3 Å². The van der Waals surface area contributed by atoms with Crippen LogP contribution in [0, 0.1) is 6.92 Å². The zero-order chi connectivity index (χ0) is 6.97. The molecule has 0 saturated carbocycles. The van der Waals surface area contributed by atoms with Crippen molar-refractivity contribution in [2.24, 2.45) is 0 Å². The molecule has 0 atom stereocenters. The molecular weight excluding hydrogens is 124 g/mol. The minimum atomic E-state index is 0.955. The molecular formula is C8H10N2. The third kappa shape index (κ3) is 0.727. The van der Waals surface area contributed by atoms with Gasteiger partial charge in [-0.3, -0.25) is 0 Å². The molecule has 0 radical (unpaired) electrons. The van der Waals surface area contributed by atoms with E-state index in [9.17, 15) is 0 Å². The number of rotatable bonds is 0. The lowest BCUT2D eigenvalue weighted by molar-refractivity contribution is 0.859. The molecule has 2 heterocycles. The second-order valence-corrected chi connectivity index (χ2v) is 2.61. The Hall–Kier alpha value is -1.18. The summed E-state index contributed by atoms with van der Waals surface area (Å²) >= 11 is 0. The average molecular weight is 134 g/mol. The molecule has 0 unspecified atom stereocenters. The molecule has 0 amide bonds. The first kappa shape index (κ1) is 5.59. The van der Waals surface area contributed by atoms with Gasteiger partial charge in [0.15, 0.2) is 0 Å². The topological polar surface area (TPSA) is 27.8 Å². The number of aromatic amines is 1. The van der Waals surface area contributed by atoms with E-state index in [1.54, 1.807) is 0 Å². The van der Waals surface area contributed by atoms with Crippen molar-refractivity contribution in [3.63, 3.8) is 0 Å². The molecule has 1 aliphatic rings. The van der Waals surface area contributed by atoms with E-state index in [1.165, 1.54) is 17.0 Å². The Kier molecular flexibility index (Phi) is 1.07. The van der Waals surface area contributed by atoms with Crippen molar-refractivity contribution in [3.8, 4) is 0 Å². The van der Waals surface area contributed by atoms with Gasteiger partial charge in [0, 0.05) is 17.9 Å². The fraction of sp³-hybridized carbons (Fsp3) is 0.250. The first-order valence-corrected chi connectivity index (χ1v) is 3.45. The summed E-state index contributed by atoms with van der Waals surface area (Å²) in [4.78, 5) is 3.27. The van der Waals surface area contributed by atoms with E-state index < -0.39 is 0 Å². The van der Waals surface area contributed by atoms with Crippen molar-refractivity contribution in [1.29, 1.82) is 0 Å². The lowest BCUT2D eigenvalue weighted by atomic mass is 10.2. The first-order chi connectivity index (χ1) is 4.86. The van der Waals surface area contributed by atoms with Gasteiger partial charge in [-0.1, -0.05) is 0 Å². The predicted molar refractivity (Wildman–Crippen MR) is 41.4 cm³/mol. The number of hydrogen-bond donors (Lipinski definition) is 2. The van der Waals surface area contributed by atoms with Crippen LogP contribution in [-0.2, 0) is 6.54 Å². The summed E-state index contributed by atoms with van der Waals surface area (Å²) in [6.45, 7) is 3.03. The summed E-state index contributed by atoms with van der Waals surface area (Å²) in [5.41, 5.74) is 3.84. The molecule has 0 fully saturated rings. The van der Waals surface area contributed by atoms with Crippen LogP contribution >= 0.6 is 0 Å². The van der Waals surface area contributed by atoms with Gasteiger partial charge < -0.3 is 10.3 Å². The number of aryl methyl sites for hydroxylation is 1. The van der Waals surface area contributed by atoms with Crippen LogP contribution in [-0.4, -0.2) is 4.98 Å². The smallest absolute Gasteiger partial charge is 0.0447 e. The largest absolute Gasteiger partial charge is 0.387 e. The number of hydrogen-bond acceptors (Lipinski definition) is 1. The van der Waals surface area contributed by atoms with Crippen molar-refractivity contribution in [1.82, 2.24) is 10.3 Å². The quantitative estimate of drug-likeness (QED) is 0.551. The first-order valence-electron chi connectivity index (χ1n) is 3.45. The van der Waals surface area contributed by atoms with Gasteiger partial charge in [-0.25, -0.2) is 0 Å². The molecule has 0 aliphatic carbocycles. The highest BCUT2D eigenvalue weighted by Crippen LogP contribution is 2.14. The fourth-order valence-electron chi connectivity index (χ4n) is 1.27. The number of H-pyrrole nitrogens is 1. The molecule has 1 aromatic rings. The zero-order valence-electron chi connectivity index (χ0n) is 5.94. The highest BCUT2D eigenvalue weighted by molar-refractivity contribution is 5.52. The molecule has 0 saturated heterocycles. The molecule has 0 aromatic carbocycles. The maximum Gasteiger partial charge on any atom is 0.0447 e. The van der Waals surface area contributed by atoms with E-state index in [0.29, 0.717) is 0 Å². The van der Waals surface area contributed by atoms with Crippen LogP contribution in [0.4, 0.5) is 0 Å². The van der Waals surface area contributed by atoms with Crippen LogP contribution in [0.25, 0.3) is 6.08 Å². The van der Waals surface area contributed by atoms with Crippen molar-refractivity contribution >= 4 is 6.08 Å². The number of aromatic nitrogens is 1. The van der Waals surface area contributed by atoms with E-state index in [4.69, 9.17) is 0 Å². The van der Waals surface area contributed by atoms with Gasteiger partial charge in [-0.15, -0.1) is 0 Å². The highest BCUT2D eigenvalue weighted by Gasteiger charge is 2.04. The molecule has 1 aliphatic heterocycles. The summed E-state index contributed by atoms with van der Waals surface area (Å²) in [7, 11) is 0. The lowest BCUT2D eigenvalue weighted by Gasteiger charge is -2.05. The van der Waals surface area contributed by atoms with Crippen molar-refractivity contribution in [2.45, 2.75) is 13.5 Å². The van der Waals surface area contributed by atoms with Crippen LogP contribution in [0.3, 0.4) is 0 Å². The summed E-state index contributed by atoms with van der Waals surface area (Å²) in [5.74, 6) is 0. The number of nitrogens with one attached hydrogen (secondary N) is 2. The molecule has 52 valence electrons. The minimum absolute atomic E-state index is 0.955. The third-order valence-electron chi connectivity index (χ3n) is 1.73. The van der Waals surface area contributed by atoms with Crippen LogP contribution in [0.1, 0.15) is 17.0 Å². The second-order valence-electron chi connectivity index (χ2n) is 2.61. The number of fused-ring (bicyclic) bond motifs is 1. The Morgan fingerprint density at radius 1 is 1.50 bits per heavy atom. The van der Waals surface area contributed by atoms with Crippen LogP contribution in [0.2, 0.25) is 0 Å². The minimum Gasteiger partial charge on any atom is -0.387 e. The average Bonchev–Trinajstić information content (AvgIpc) is 2.27. The van der Waals surface area contributed by atoms with Gasteiger partial charge in [0.1, 0.15) is 0 Å². The summed E-state index contributed by atoms with van der Waals surface area (Å²) in [6, 6.07) is 2.17. The maximum absolute atomic E-state index is 3.27. The summed E-state index contributed by atoms with van der Waals surface area (Å²) < 4.78 is 0. The van der Waals surface area contributed by atoms with Gasteiger partial charge in [0.25, 0.3) is 0 Å². The highest BCUT2D eigenvalue weighted by atomic mass is 14.9.